The summed E-state index contributed by atoms with van der Waals surface area (Å²) in [5.74, 6) is 1.26. The van der Waals surface area contributed by atoms with Crippen LogP contribution in [0.1, 0.15) is 37.8 Å². The Bertz CT molecular complexity index is 820. The van der Waals surface area contributed by atoms with Crippen molar-refractivity contribution in [3.63, 3.8) is 0 Å². The van der Waals surface area contributed by atoms with Crippen molar-refractivity contribution >= 4 is 11.4 Å². The fourth-order valence-corrected chi connectivity index (χ4v) is 3.69. The molecule has 1 atom stereocenters. The molecule has 0 aromatic heterocycles. The van der Waals surface area contributed by atoms with Gasteiger partial charge in [0.2, 0.25) is 5.69 Å². The van der Waals surface area contributed by atoms with Gasteiger partial charge in [0, 0.05) is 24.5 Å². The number of hydrogen-bond acceptors (Lipinski definition) is 2. The van der Waals surface area contributed by atoms with Crippen LogP contribution in [0.25, 0.3) is 0 Å². The Labute approximate surface area is 160 Å². The van der Waals surface area contributed by atoms with Gasteiger partial charge in [0.1, 0.15) is 0 Å². The third-order valence-corrected chi connectivity index (χ3v) is 4.77. The van der Waals surface area contributed by atoms with Crippen LogP contribution in [-0.2, 0) is 6.42 Å². The summed E-state index contributed by atoms with van der Waals surface area (Å²) in [5, 5.41) is 0. The van der Waals surface area contributed by atoms with E-state index < -0.39 is 0 Å². The van der Waals surface area contributed by atoms with Crippen molar-refractivity contribution in [1.29, 1.82) is 0 Å². The predicted molar refractivity (Wildman–Crippen MR) is 98.0 cm³/mol. The monoisotopic (exact) mass is 377 g/mol. The maximum atomic E-state index is 14.5. The van der Waals surface area contributed by atoms with Crippen LogP contribution in [0.5, 0.6) is 11.5 Å². The number of methoxy groups -OCH3 is 2. The van der Waals surface area contributed by atoms with Crippen molar-refractivity contribution in [3.05, 3.63) is 53.3 Å². The minimum absolute atomic E-state index is 0. The van der Waals surface area contributed by atoms with Crippen LogP contribution >= 0.6 is 0 Å². The highest BCUT2D eigenvalue weighted by Gasteiger charge is 2.34. The molecule has 0 saturated carbocycles. The number of halogens is 2. The summed E-state index contributed by atoms with van der Waals surface area (Å²) in [4.78, 5) is 0. The van der Waals surface area contributed by atoms with E-state index >= 15 is 0 Å². The molecule has 0 amide bonds. The summed E-state index contributed by atoms with van der Waals surface area (Å²) in [6, 6.07) is 11.2. The summed E-state index contributed by atoms with van der Waals surface area (Å²) in [5.41, 5.74) is 4.13. The first-order chi connectivity index (χ1) is 12.1. The average molecular weight is 378 g/mol. The van der Waals surface area contributed by atoms with Crippen LogP contribution in [0.3, 0.4) is 0 Å². The molecule has 0 fully saturated rings. The Kier molecular flexibility index (Phi) is 6.65. The van der Waals surface area contributed by atoms with E-state index in [-0.39, 0.29) is 24.3 Å². The standard InChI is InChI=1S/C21H25FNO2.ClH/c1-5-8-18-16-13-21(25-4)20(24-3)12-15(16)11-14(2)23(18)19-10-7-6-9-17(19)22;/h6-7,9-10,12-14H,5,8,11H2,1-4H3;1H/q+1;/p-1. The van der Waals surface area contributed by atoms with E-state index in [4.69, 9.17) is 9.47 Å². The molecule has 0 bridgehead atoms. The quantitative estimate of drug-likeness (QED) is 0.740. The second-order valence-corrected chi connectivity index (χ2v) is 6.44. The number of fused-ring (bicyclic) bond motifs is 1. The van der Waals surface area contributed by atoms with Crippen LogP contribution < -0.4 is 21.9 Å². The van der Waals surface area contributed by atoms with E-state index in [1.54, 1.807) is 20.3 Å². The summed E-state index contributed by atoms with van der Waals surface area (Å²) in [6.45, 7) is 4.29. The molecule has 1 heterocycles. The van der Waals surface area contributed by atoms with Crippen molar-refractivity contribution < 1.29 is 30.8 Å². The molecule has 3 rings (SSSR count). The lowest BCUT2D eigenvalue weighted by molar-refractivity contribution is -0.485. The molecular weight excluding hydrogens is 353 g/mol. The van der Waals surface area contributed by atoms with Gasteiger partial charge in [0.05, 0.1) is 14.2 Å². The van der Waals surface area contributed by atoms with Gasteiger partial charge in [-0.2, -0.15) is 8.97 Å². The summed E-state index contributed by atoms with van der Waals surface area (Å²) < 4.78 is 27.6. The molecule has 1 aliphatic heterocycles. The smallest absolute Gasteiger partial charge is 0.241 e. The minimum Gasteiger partial charge on any atom is -1.00 e. The highest BCUT2D eigenvalue weighted by Crippen LogP contribution is 2.36. The minimum atomic E-state index is -0.188. The van der Waals surface area contributed by atoms with Gasteiger partial charge >= 0.3 is 0 Å². The normalized spacial score (nSPS) is 16.0. The Morgan fingerprint density at radius 1 is 1.12 bits per heavy atom. The number of rotatable bonds is 5. The Morgan fingerprint density at radius 2 is 1.77 bits per heavy atom. The average Bonchev–Trinajstić information content (AvgIpc) is 2.62. The van der Waals surface area contributed by atoms with Crippen molar-refractivity contribution in [2.45, 2.75) is 39.2 Å². The van der Waals surface area contributed by atoms with Crippen molar-refractivity contribution in [1.82, 2.24) is 0 Å². The largest absolute Gasteiger partial charge is 1.00 e. The van der Waals surface area contributed by atoms with Gasteiger partial charge in [-0.25, -0.2) is 0 Å². The lowest BCUT2D eigenvalue weighted by Crippen LogP contribution is -3.00. The van der Waals surface area contributed by atoms with Gasteiger partial charge in [-0.15, -0.1) is 0 Å². The lowest BCUT2D eigenvalue weighted by atomic mass is 9.90. The summed E-state index contributed by atoms with van der Waals surface area (Å²) in [6.07, 6.45) is 2.69. The third-order valence-electron chi connectivity index (χ3n) is 4.77. The molecule has 3 nitrogen and oxygen atoms in total. The molecule has 140 valence electrons. The Balaban J connectivity index is 0.00000243. The molecule has 1 aliphatic rings. The molecule has 1 unspecified atom stereocenters. The number of para-hydroxylation sites is 1. The predicted octanol–water partition coefficient (Wildman–Crippen LogP) is 1.72. The molecule has 0 N–H and O–H groups in total. The lowest BCUT2D eigenvalue weighted by Gasteiger charge is -2.24. The number of benzene rings is 2. The van der Waals surface area contributed by atoms with E-state index in [1.807, 2.05) is 18.2 Å². The van der Waals surface area contributed by atoms with Crippen molar-refractivity contribution in [3.8, 4) is 11.5 Å². The maximum absolute atomic E-state index is 14.5. The zero-order chi connectivity index (χ0) is 18.0. The first kappa shape index (κ1) is 20.2. The molecule has 5 heteroatoms. The molecule has 2 aromatic carbocycles. The van der Waals surface area contributed by atoms with Gasteiger partial charge in [-0.3, -0.25) is 0 Å². The summed E-state index contributed by atoms with van der Waals surface area (Å²) in [7, 11) is 3.29. The van der Waals surface area contributed by atoms with Crippen LogP contribution in [0.2, 0.25) is 0 Å². The number of nitrogens with zero attached hydrogens (tertiary/aromatic N) is 1. The SMILES string of the molecule is CCCC1=[N+](c2ccccc2F)C(C)Cc2cc(OC)c(OC)cc21.[Cl-]. The Hall–Kier alpha value is -2.07. The zero-order valence-corrected chi connectivity index (χ0v) is 16.4. The first-order valence-corrected chi connectivity index (χ1v) is 8.75. The zero-order valence-electron chi connectivity index (χ0n) is 15.7. The molecule has 0 spiro atoms. The summed E-state index contributed by atoms with van der Waals surface area (Å²) >= 11 is 0. The van der Waals surface area contributed by atoms with E-state index in [9.17, 15) is 4.39 Å². The van der Waals surface area contributed by atoms with Crippen LogP contribution in [0.4, 0.5) is 10.1 Å². The van der Waals surface area contributed by atoms with Crippen molar-refractivity contribution in [2.75, 3.05) is 14.2 Å². The van der Waals surface area contributed by atoms with Gasteiger partial charge < -0.3 is 21.9 Å². The molecule has 0 aliphatic carbocycles. The van der Waals surface area contributed by atoms with Gasteiger partial charge in [0.15, 0.2) is 29.1 Å². The maximum Gasteiger partial charge on any atom is 0.241 e. The highest BCUT2D eigenvalue weighted by molar-refractivity contribution is 6.00. The second kappa shape index (κ2) is 8.54. The van der Waals surface area contributed by atoms with Crippen LogP contribution in [-0.4, -0.2) is 30.5 Å². The topological polar surface area (TPSA) is 21.5 Å². The van der Waals surface area contributed by atoms with E-state index in [0.717, 1.165) is 36.3 Å². The first-order valence-electron chi connectivity index (χ1n) is 8.75. The highest BCUT2D eigenvalue weighted by atomic mass is 35.5. The molecule has 0 saturated heterocycles. The van der Waals surface area contributed by atoms with Gasteiger partial charge in [-0.1, -0.05) is 19.1 Å². The van der Waals surface area contributed by atoms with E-state index in [2.05, 4.69) is 24.5 Å². The third kappa shape index (κ3) is 3.56. The van der Waals surface area contributed by atoms with Gasteiger partial charge in [0.25, 0.3) is 0 Å². The number of ether oxygens (including phenoxy) is 2. The fourth-order valence-electron chi connectivity index (χ4n) is 3.69. The van der Waals surface area contributed by atoms with Gasteiger partial charge in [-0.05, 0) is 37.1 Å². The number of hydrogen-bond donors (Lipinski definition) is 0. The Morgan fingerprint density at radius 3 is 2.38 bits per heavy atom. The molecule has 0 radical (unpaired) electrons. The van der Waals surface area contributed by atoms with Crippen LogP contribution in [0.15, 0.2) is 36.4 Å². The fraction of sp³-hybridized carbons (Fsp3) is 0.381. The van der Waals surface area contributed by atoms with Crippen LogP contribution in [0, 0.1) is 5.82 Å². The van der Waals surface area contributed by atoms with Crippen molar-refractivity contribution in [2.24, 2.45) is 0 Å². The van der Waals surface area contributed by atoms with E-state index in [1.165, 1.54) is 11.6 Å². The molecular formula is C21H25ClFNO2. The second-order valence-electron chi connectivity index (χ2n) is 6.44. The molecule has 26 heavy (non-hydrogen) atoms. The van der Waals surface area contributed by atoms with E-state index in [0.29, 0.717) is 11.4 Å². The molecule has 2 aromatic rings.